The molecule has 0 aromatic heterocycles. The minimum atomic E-state index is -0.408. The van der Waals surface area contributed by atoms with E-state index in [1.165, 1.54) is 25.3 Å². The lowest BCUT2D eigenvalue weighted by Crippen LogP contribution is -2.28. The summed E-state index contributed by atoms with van der Waals surface area (Å²) in [6, 6.07) is 6.25. The molecule has 2 nitrogen and oxygen atoms in total. The minimum Gasteiger partial charge on any atom is -0.303 e. The molecule has 1 heterocycles. The maximum atomic E-state index is 13.5. The van der Waals surface area contributed by atoms with Crippen LogP contribution < -0.4 is 0 Å². The molecule has 3 heteroatoms. The predicted octanol–water partition coefficient (Wildman–Crippen LogP) is 3.91. The van der Waals surface area contributed by atoms with Gasteiger partial charge in [0, 0.05) is 13.0 Å². The third-order valence-corrected chi connectivity index (χ3v) is 4.26. The van der Waals surface area contributed by atoms with E-state index in [2.05, 4.69) is 18.7 Å². The highest BCUT2D eigenvalue weighted by Gasteiger charge is 2.23. The number of carbonyl (C=O) groups is 1. The first-order chi connectivity index (χ1) is 9.48. The van der Waals surface area contributed by atoms with Crippen molar-refractivity contribution in [2.75, 3.05) is 19.6 Å². The number of Topliss-reactive ketones (excluding diaryl/α,β-unsaturated/α-hetero) is 1. The second-order valence-corrected chi connectivity index (χ2v) is 6.51. The third kappa shape index (κ3) is 4.14. The summed E-state index contributed by atoms with van der Waals surface area (Å²) in [5.74, 6) is -0.499. The van der Waals surface area contributed by atoms with E-state index in [1.807, 2.05) is 0 Å². The number of benzene rings is 1. The fraction of sp³-hybridized carbons (Fsp3) is 0.588. The zero-order chi connectivity index (χ0) is 14.6. The Morgan fingerprint density at radius 2 is 2.00 bits per heavy atom. The normalized spacial score (nSPS) is 19.6. The molecule has 2 rings (SSSR count). The van der Waals surface area contributed by atoms with E-state index >= 15 is 0 Å². The maximum absolute atomic E-state index is 13.5. The van der Waals surface area contributed by atoms with Crippen LogP contribution in [0.5, 0.6) is 0 Å². The molecule has 1 aliphatic heterocycles. The maximum Gasteiger partial charge on any atom is 0.167 e. The lowest BCUT2D eigenvalue weighted by atomic mass is 9.85. The van der Waals surface area contributed by atoms with E-state index in [1.54, 1.807) is 18.2 Å². The summed E-state index contributed by atoms with van der Waals surface area (Å²) >= 11 is 0. The molecule has 0 aliphatic carbocycles. The Bertz CT molecular complexity index is 470. The van der Waals surface area contributed by atoms with Crippen molar-refractivity contribution in [2.45, 2.75) is 39.5 Å². The molecule has 1 fully saturated rings. The van der Waals surface area contributed by atoms with Gasteiger partial charge in [-0.1, -0.05) is 26.0 Å². The lowest BCUT2D eigenvalue weighted by molar-refractivity contribution is 0.0960. The van der Waals surface area contributed by atoms with Gasteiger partial charge in [0.1, 0.15) is 5.82 Å². The van der Waals surface area contributed by atoms with Crippen molar-refractivity contribution in [3.05, 3.63) is 35.6 Å². The van der Waals surface area contributed by atoms with Crippen LogP contribution in [0.25, 0.3) is 0 Å². The molecule has 110 valence electrons. The van der Waals surface area contributed by atoms with Gasteiger partial charge in [0.25, 0.3) is 0 Å². The Labute approximate surface area is 121 Å². The monoisotopic (exact) mass is 277 g/mol. The summed E-state index contributed by atoms with van der Waals surface area (Å²) < 4.78 is 13.5. The molecule has 0 unspecified atom stereocenters. The second kappa shape index (κ2) is 6.49. The zero-order valence-corrected chi connectivity index (χ0v) is 12.5. The van der Waals surface area contributed by atoms with E-state index in [9.17, 15) is 9.18 Å². The van der Waals surface area contributed by atoms with Gasteiger partial charge in [-0.25, -0.2) is 4.39 Å². The van der Waals surface area contributed by atoms with Crippen molar-refractivity contribution in [3.63, 3.8) is 0 Å². The van der Waals surface area contributed by atoms with Crippen molar-refractivity contribution in [1.29, 1.82) is 0 Å². The molecule has 0 bridgehead atoms. The molecular weight excluding hydrogens is 253 g/mol. The Kier molecular flexibility index (Phi) is 4.92. The molecule has 0 saturated carbocycles. The highest BCUT2D eigenvalue weighted by Crippen LogP contribution is 2.29. The smallest absolute Gasteiger partial charge is 0.167 e. The van der Waals surface area contributed by atoms with Crippen LogP contribution in [0.3, 0.4) is 0 Å². The van der Waals surface area contributed by atoms with Gasteiger partial charge in [0.15, 0.2) is 5.78 Å². The van der Waals surface area contributed by atoms with Crippen LogP contribution in [-0.2, 0) is 0 Å². The number of nitrogens with zero attached hydrogens (tertiary/aromatic N) is 1. The van der Waals surface area contributed by atoms with Crippen LogP contribution in [0.2, 0.25) is 0 Å². The van der Waals surface area contributed by atoms with Crippen LogP contribution in [0.15, 0.2) is 24.3 Å². The Morgan fingerprint density at radius 3 is 2.75 bits per heavy atom. The highest BCUT2D eigenvalue weighted by atomic mass is 19.1. The summed E-state index contributed by atoms with van der Waals surface area (Å²) in [6.07, 6.45) is 3.99. The van der Waals surface area contributed by atoms with Gasteiger partial charge in [0.05, 0.1) is 5.56 Å². The SMILES string of the molecule is CC1(C)CCCN(CCC(=O)c2ccccc2F)CC1. The summed E-state index contributed by atoms with van der Waals surface area (Å²) in [5.41, 5.74) is 0.632. The van der Waals surface area contributed by atoms with E-state index in [4.69, 9.17) is 0 Å². The predicted molar refractivity (Wildman–Crippen MR) is 79.4 cm³/mol. The summed E-state index contributed by atoms with van der Waals surface area (Å²) in [6.45, 7) is 7.44. The fourth-order valence-corrected chi connectivity index (χ4v) is 2.78. The van der Waals surface area contributed by atoms with Crippen LogP contribution in [0.1, 0.15) is 49.9 Å². The van der Waals surface area contributed by atoms with Crippen molar-refractivity contribution >= 4 is 5.78 Å². The average Bonchev–Trinajstić information content (AvgIpc) is 2.57. The first kappa shape index (κ1) is 15.2. The molecule has 20 heavy (non-hydrogen) atoms. The zero-order valence-electron chi connectivity index (χ0n) is 12.5. The molecule has 1 saturated heterocycles. The van der Waals surface area contributed by atoms with Crippen LogP contribution in [0, 0.1) is 11.2 Å². The fourth-order valence-electron chi connectivity index (χ4n) is 2.78. The van der Waals surface area contributed by atoms with Gasteiger partial charge in [-0.2, -0.15) is 0 Å². The minimum absolute atomic E-state index is 0.0911. The molecule has 0 spiro atoms. The number of hydrogen-bond donors (Lipinski definition) is 0. The molecule has 1 aromatic rings. The van der Waals surface area contributed by atoms with Crippen LogP contribution in [0.4, 0.5) is 4.39 Å². The van der Waals surface area contributed by atoms with E-state index in [0.29, 0.717) is 11.8 Å². The molecular formula is C17H24FNO. The quantitative estimate of drug-likeness (QED) is 0.778. The van der Waals surface area contributed by atoms with Crippen molar-refractivity contribution < 1.29 is 9.18 Å². The molecule has 1 aromatic carbocycles. The van der Waals surface area contributed by atoms with E-state index in [-0.39, 0.29) is 11.3 Å². The summed E-state index contributed by atoms with van der Waals surface area (Å²) in [5, 5.41) is 0. The topological polar surface area (TPSA) is 20.3 Å². The lowest BCUT2D eigenvalue weighted by Gasteiger charge is -2.23. The molecule has 0 radical (unpaired) electrons. The highest BCUT2D eigenvalue weighted by molar-refractivity contribution is 5.96. The standard InChI is InChI=1S/C17H24FNO/c1-17(2)9-5-11-19(13-10-17)12-8-16(20)14-6-3-4-7-15(14)18/h3-4,6-7H,5,8-13H2,1-2H3. The molecule has 0 amide bonds. The summed E-state index contributed by atoms with van der Waals surface area (Å²) in [4.78, 5) is 14.4. The number of halogens is 1. The molecule has 0 N–H and O–H groups in total. The Hall–Kier alpha value is -1.22. The second-order valence-electron chi connectivity index (χ2n) is 6.51. The van der Waals surface area contributed by atoms with Crippen molar-refractivity contribution in [3.8, 4) is 0 Å². The average molecular weight is 277 g/mol. The number of carbonyl (C=O) groups excluding carboxylic acids is 1. The first-order valence-corrected chi connectivity index (χ1v) is 7.48. The van der Waals surface area contributed by atoms with Gasteiger partial charge in [-0.15, -0.1) is 0 Å². The van der Waals surface area contributed by atoms with Crippen molar-refractivity contribution in [1.82, 2.24) is 4.90 Å². The number of rotatable bonds is 4. The van der Waals surface area contributed by atoms with Crippen LogP contribution >= 0.6 is 0 Å². The molecule has 1 aliphatic rings. The Balaban J connectivity index is 1.86. The van der Waals surface area contributed by atoms with Gasteiger partial charge >= 0.3 is 0 Å². The summed E-state index contributed by atoms with van der Waals surface area (Å²) in [7, 11) is 0. The van der Waals surface area contributed by atoms with Gasteiger partial charge in [-0.05, 0) is 49.9 Å². The van der Waals surface area contributed by atoms with Crippen molar-refractivity contribution in [2.24, 2.45) is 5.41 Å². The molecule has 0 atom stereocenters. The number of hydrogen-bond acceptors (Lipinski definition) is 2. The largest absolute Gasteiger partial charge is 0.303 e. The van der Waals surface area contributed by atoms with E-state index < -0.39 is 5.82 Å². The number of likely N-dealkylation sites (tertiary alicyclic amines) is 1. The van der Waals surface area contributed by atoms with Gasteiger partial charge < -0.3 is 4.90 Å². The first-order valence-electron chi connectivity index (χ1n) is 7.48. The van der Waals surface area contributed by atoms with Gasteiger partial charge in [-0.3, -0.25) is 4.79 Å². The Morgan fingerprint density at radius 1 is 1.25 bits per heavy atom. The van der Waals surface area contributed by atoms with Gasteiger partial charge in [0.2, 0.25) is 0 Å². The number of ketones is 1. The van der Waals surface area contributed by atoms with Crippen LogP contribution in [-0.4, -0.2) is 30.3 Å². The third-order valence-electron chi connectivity index (χ3n) is 4.26. The van der Waals surface area contributed by atoms with E-state index in [0.717, 1.165) is 19.6 Å².